The second-order valence-electron chi connectivity index (χ2n) is 5.39. The van der Waals surface area contributed by atoms with Gasteiger partial charge in [0.2, 0.25) is 5.91 Å². The molecule has 2 N–H and O–H groups in total. The molecule has 25 heavy (non-hydrogen) atoms. The highest BCUT2D eigenvalue weighted by molar-refractivity contribution is 7.13. The van der Waals surface area contributed by atoms with Gasteiger partial charge in [-0.25, -0.2) is 4.98 Å². The van der Waals surface area contributed by atoms with Gasteiger partial charge in [0.1, 0.15) is 0 Å². The highest BCUT2D eigenvalue weighted by Crippen LogP contribution is 2.19. The van der Waals surface area contributed by atoms with Crippen LogP contribution < -0.4 is 10.6 Å². The standard InChI is InChI=1S/C19H17N3O2S/c23-17(22-19-20-11-12-25-19)13-16(14-7-3-1-4-8-14)21-18(24)15-9-5-2-6-10-15/h1-12,16H,13H2,(H,21,24)(H,20,22,23). The summed E-state index contributed by atoms with van der Waals surface area (Å²) in [6, 6.07) is 18.0. The van der Waals surface area contributed by atoms with Crippen molar-refractivity contribution in [2.75, 3.05) is 5.32 Å². The van der Waals surface area contributed by atoms with Crippen molar-refractivity contribution < 1.29 is 9.59 Å². The van der Waals surface area contributed by atoms with Gasteiger partial charge in [-0.3, -0.25) is 9.59 Å². The molecule has 3 rings (SSSR count). The number of nitrogens with one attached hydrogen (secondary N) is 2. The number of benzene rings is 2. The third kappa shape index (κ3) is 4.74. The first kappa shape index (κ1) is 16.9. The summed E-state index contributed by atoms with van der Waals surface area (Å²) in [5.74, 6) is -0.409. The van der Waals surface area contributed by atoms with Crippen LogP contribution in [0.1, 0.15) is 28.4 Å². The maximum Gasteiger partial charge on any atom is 0.251 e. The van der Waals surface area contributed by atoms with E-state index in [1.54, 1.807) is 23.7 Å². The molecule has 1 atom stereocenters. The first-order valence-corrected chi connectivity index (χ1v) is 8.70. The van der Waals surface area contributed by atoms with Gasteiger partial charge in [-0.1, -0.05) is 48.5 Å². The zero-order valence-corrected chi connectivity index (χ0v) is 14.2. The summed E-state index contributed by atoms with van der Waals surface area (Å²) in [6.07, 6.45) is 1.76. The summed E-state index contributed by atoms with van der Waals surface area (Å²) in [5, 5.41) is 8.04. The van der Waals surface area contributed by atoms with E-state index in [9.17, 15) is 9.59 Å². The molecule has 0 aliphatic heterocycles. The van der Waals surface area contributed by atoms with Crippen molar-refractivity contribution in [2.24, 2.45) is 0 Å². The number of nitrogens with zero attached hydrogens (tertiary/aromatic N) is 1. The van der Waals surface area contributed by atoms with Crippen LogP contribution in [0.25, 0.3) is 0 Å². The van der Waals surface area contributed by atoms with Crippen molar-refractivity contribution in [3.63, 3.8) is 0 Å². The molecule has 0 aliphatic rings. The Morgan fingerprint density at radius 3 is 2.32 bits per heavy atom. The Kier molecular flexibility index (Phi) is 5.53. The van der Waals surface area contributed by atoms with E-state index in [-0.39, 0.29) is 18.2 Å². The van der Waals surface area contributed by atoms with E-state index >= 15 is 0 Å². The minimum absolute atomic E-state index is 0.127. The molecule has 0 bridgehead atoms. The second kappa shape index (κ2) is 8.21. The molecule has 0 spiro atoms. The summed E-state index contributed by atoms with van der Waals surface area (Å²) >= 11 is 1.35. The molecule has 1 aromatic heterocycles. The topological polar surface area (TPSA) is 71.1 Å². The molecule has 0 radical (unpaired) electrons. The first-order chi connectivity index (χ1) is 12.2. The van der Waals surface area contributed by atoms with E-state index in [0.29, 0.717) is 10.7 Å². The van der Waals surface area contributed by atoms with E-state index in [2.05, 4.69) is 15.6 Å². The van der Waals surface area contributed by atoms with E-state index in [4.69, 9.17) is 0 Å². The van der Waals surface area contributed by atoms with Crippen molar-refractivity contribution >= 4 is 28.3 Å². The first-order valence-electron chi connectivity index (χ1n) is 7.82. The number of carbonyl (C=O) groups excluding carboxylic acids is 2. The third-order valence-electron chi connectivity index (χ3n) is 3.61. The smallest absolute Gasteiger partial charge is 0.251 e. The molecule has 3 aromatic rings. The molecule has 5 nitrogen and oxygen atoms in total. The lowest BCUT2D eigenvalue weighted by Gasteiger charge is -2.19. The van der Waals surface area contributed by atoms with Crippen LogP contribution in [-0.4, -0.2) is 16.8 Å². The summed E-state index contributed by atoms with van der Waals surface area (Å²) in [4.78, 5) is 28.8. The second-order valence-corrected chi connectivity index (χ2v) is 6.29. The van der Waals surface area contributed by atoms with E-state index in [1.807, 2.05) is 48.5 Å². The molecule has 1 unspecified atom stereocenters. The Hall–Kier alpha value is -2.99. The fraction of sp³-hybridized carbons (Fsp3) is 0.105. The van der Waals surface area contributed by atoms with Crippen LogP contribution in [0.3, 0.4) is 0 Å². The molecular weight excluding hydrogens is 334 g/mol. The van der Waals surface area contributed by atoms with Gasteiger partial charge >= 0.3 is 0 Å². The van der Waals surface area contributed by atoms with Gasteiger partial charge in [0.15, 0.2) is 5.13 Å². The molecule has 2 aromatic carbocycles. The van der Waals surface area contributed by atoms with Crippen molar-refractivity contribution in [1.29, 1.82) is 0 Å². The molecule has 6 heteroatoms. The molecule has 0 saturated heterocycles. The van der Waals surface area contributed by atoms with E-state index < -0.39 is 6.04 Å². The number of thiazole rings is 1. The maximum absolute atomic E-state index is 12.5. The predicted octanol–water partition coefficient (Wildman–Crippen LogP) is 3.64. The predicted molar refractivity (Wildman–Crippen MR) is 98.5 cm³/mol. The molecule has 126 valence electrons. The van der Waals surface area contributed by atoms with Crippen molar-refractivity contribution in [2.45, 2.75) is 12.5 Å². The molecule has 0 aliphatic carbocycles. The van der Waals surface area contributed by atoms with Gasteiger partial charge in [-0.2, -0.15) is 0 Å². The van der Waals surface area contributed by atoms with Crippen LogP contribution in [0.2, 0.25) is 0 Å². The quantitative estimate of drug-likeness (QED) is 0.712. The number of carbonyl (C=O) groups is 2. The number of hydrogen-bond acceptors (Lipinski definition) is 4. The van der Waals surface area contributed by atoms with Crippen LogP contribution >= 0.6 is 11.3 Å². The molecule has 2 amide bonds. The zero-order chi connectivity index (χ0) is 17.5. The monoisotopic (exact) mass is 351 g/mol. The summed E-state index contributed by atoms with van der Waals surface area (Å²) in [6.45, 7) is 0. The third-order valence-corrected chi connectivity index (χ3v) is 4.30. The van der Waals surface area contributed by atoms with Crippen LogP contribution in [0, 0.1) is 0 Å². The maximum atomic E-state index is 12.5. The number of amides is 2. The Bertz CT molecular complexity index is 820. The number of anilines is 1. The lowest BCUT2D eigenvalue weighted by molar-refractivity contribution is -0.116. The fourth-order valence-corrected chi connectivity index (χ4v) is 2.95. The Balaban J connectivity index is 1.73. The zero-order valence-electron chi connectivity index (χ0n) is 13.4. The van der Waals surface area contributed by atoms with Crippen LogP contribution in [0.4, 0.5) is 5.13 Å². The SMILES string of the molecule is O=C(CC(NC(=O)c1ccccc1)c1ccccc1)Nc1nccs1. The van der Waals surface area contributed by atoms with Gasteiger partial charge in [0.25, 0.3) is 5.91 Å². The van der Waals surface area contributed by atoms with Gasteiger partial charge in [0, 0.05) is 17.1 Å². The van der Waals surface area contributed by atoms with Crippen LogP contribution in [-0.2, 0) is 4.79 Å². The molecule has 0 saturated carbocycles. The Morgan fingerprint density at radius 1 is 1.00 bits per heavy atom. The van der Waals surface area contributed by atoms with Gasteiger partial charge in [0.05, 0.1) is 12.5 Å². The normalized spacial score (nSPS) is 11.5. The van der Waals surface area contributed by atoms with Crippen LogP contribution in [0.5, 0.6) is 0 Å². The fourth-order valence-electron chi connectivity index (χ4n) is 2.41. The summed E-state index contributed by atoms with van der Waals surface area (Å²) in [5.41, 5.74) is 1.44. The number of rotatable bonds is 6. The minimum Gasteiger partial charge on any atom is -0.345 e. The highest BCUT2D eigenvalue weighted by Gasteiger charge is 2.19. The number of hydrogen-bond donors (Lipinski definition) is 2. The Labute approximate surface area is 149 Å². The Morgan fingerprint density at radius 2 is 1.68 bits per heavy atom. The lowest BCUT2D eigenvalue weighted by atomic mass is 10.0. The van der Waals surface area contributed by atoms with Crippen molar-refractivity contribution in [3.8, 4) is 0 Å². The van der Waals surface area contributed by atoms with Gasteiger partial charge in [-0.05, 0) is 17.7 Å². The largest absolute Gasteiger partial charge is 0.345 e. The average molecular weight is 351 g/mol. The number of aromatic nitrogens is 1. The van der Waals surface area contributed by atoms with Crippen LogP contribution in [0.15, 0.2) is 72.2 Å². The molecule has 1 heterocycles. The van der Waals surface area contributed by atoms with Crippen molar-refractivity contribution in [1.82, 2.24) is 10.3 Å². The average Bonchev–Trinajstić information content (AvgIpc) is 3.15. The molecule has 0 fully saturated rings. The van der Waals surface area contributed by atoms with E-state index in [1.165, 1.54) is 11.3 Å². The minimum atomic E-state index is -0.422. The molecular formula is C19H17N3O2S. The highest BCUT2D eigenvalue weighted by atomic mass is 32.1. The lowest BCUT2D eigenvalue weighted by Crippen LogP contribution is -2.31. The van der Waals surface area contributed by atoms with Gasteiger partial charge in [-0.15, -0.1) is 11.3 Å². The summed E-state index contributed by atoms with van der Waals surface area (Å²) in [7, 11) is 0. The van der Waals surface area contributed by atoms with Crippen molar-refractivity contribution in [3.05, 3.63) is 83.4 Å². The summed E-state index contributed by atoms with van der Waals surface area (Å²) < 4.78 is 0. The van der Waals surface area contributed by atoms with E-state index in [0.717, 1.165) is 5.56 Å². The van der Waals surface area contributed by atoms with Gasteiger partial charge < -0.3 is 10.6 Å².